The molecule has 0 saturated carbocycles. The molecular formula is C26H22ClN5O. The van der Waals surface area contributed by atoms with Gasteiger partial charge in [0.05, 0.1) is 12.1 Å². The zero-order valence-electron chi connectivity index (χ0n) is 18.4. The fourth-order valence-corrected chi connectivity index (χ4v) is 4.19. The highest BCUT2D eigenvalue weighted by molar-refractivity contribution is 6.30. The normalized spacial score (nSPS) is 11.2. The molecule has 0 spiro atoms. The Bertz CT molecular complexity index is 1490. The van der Waals surface area contributed by atoms with E-state index in [1.54, 1.807) is 17.1 Å². The standard InChI is InChI=1S/C26H22ClN5O/c1-3-22-29-30-25-23(19-8-10-21(27)11-9-19)24(20-12-14-28-15-13-20)26(33)31(32(22)25)16-18-6-4-17(2)5-7-18/h4-15H,3,16H2,1-2H3. The molecule has 6 nitrogen and oxygen atoms in total. The molecular weight excluding hydrogens is 434 g/mol. The van der Waals surface area contributed by atoms with Gasteiger partial charge in [0.2, 0.25) is 0 Å². The van der Waals surface area contributed by atoms with Crippen LogP contribution in [0.25, 0.3) is 27.9 Å². The van der Waals surface area contributed by atoms with Crippen molar-refractivity contribution in [2.75, 3.05) is 0 Å². The lowest BCUT2D eigenvalue weighted by Gasteiger charge is -2.17. The van der Waals surface area contributed by atoms with Crippen LogP contribution in [0.4, 0.5) is 0 Å². The summed E-state index contributed by atoms with van der Waals surface area (Å²) in [7, 11) is 0. The summed E-state index contributed by atoms with van der Waals surface area (Å²) in [6, 6.07) is 19.3. The number of pyridine rings is 1. The first kappa shape index (κ1) is 21.1. The summed E-state index contributed by atoms with van der Waals surface area (Å²) in [5.41, 5.74) is 5.64. The van der Waals surface area contributed by atoms with Crippen LogP contribution in [-0.2, 0) is 13.0 Å². The SMILES string of the molecule is CCc1nnc2c(-c3ccc(Cl)cc3)c(-c3ccncc3)c(=O)n(Cc3ccc(C)cc3)n12. The number of fused-ring (bicyclic) bond motifs is 1. The summed E-state index contributed by atoms with van der Waals surface area (Å²) < 4.78 is 3.59. The van der Waals surface area contributed by atoms with E-state index in [1.807, 2.05) is 66.9 Å². The summed E-state index contributed by atoms with van der Waals surface area (Å²) in [5, 5.41) is 9.59. The molecule has 0 unspecified atom stereocenters. The first-order valence-electron chi connectivity index (χ1n) is 10.8. The quantitative estimate of drug-likeness (QED) is 0.365. The Labute approximate surface area is 196 Å². The van der Waals surface area contributed by atoms with Gasteiger partial charge in [0.25, 0.3) is 5.56 Å². The van der Waals surface area contributed by atoms with Gasteiger partial charge in [-0.25, -0.2) is 9.20 Å². The first-order chi connectivity index (χ1) is 16.1. The zero-order chi connectivity index (χ0) is 22.9. The van der Waals surface area contributed by atoms with E-state index in [-0.39, 0.29) is 5.56 Å². The maximum atomic E-state index is 14.1. The average Bonchev–Trinajstić information content (AvgIpc) is 3.27. The molecule has 0 atom stereocenters. The molecule has 5 rings (SSSR count). The van der Waals surface area contributed by atoms with E-state index in [2.05, 4.69) is 27.3 Å². The highest BCUT2D eigenvalue weighted by Gasteiger charge is 2.23. The topological polar surface area (TPSA) is 65.1 Å². The Morgan fingerprint density at radius 2 is 1.52 bits per heavy atom. The van der Waals surface area contributed by atoms with Crippen molar-refractivity contribution in [2.24, 2.45) is 0 Å². The second kappa shape index (κ2) is 8.64. The van der Waals surface area contributed by atoms with Crippen LogP contribution in [-0.4, -0.2) is 24.4 Å². The molecule has 0 aliphatic heterocycles. The number of halogens is 1. The molecule has 0 aliphatic rings. The zero-order valence-corrected chi connectivity index (χ0v) is 19.1. The molecule has 5 aromatic rings. The molecule has 33 heavy (non-hydrogen) atoms. The number of nitrogens with zero attached hydrogens (tertiary/aromatic N) is 5. The van der Waals surface area contributed by atoms with Crippen LogP contribution in [0.1, 0.15) is 23.9 Å². The van der Waals surface area contributed by atoms with Gasteiger partial charge in [-0.05, 0) is 47.9 Å². The minimum atomic E-state index is -0.117. The monoisotopic (exact) mass is 455 g/mol. The molecule has 3 aromatic heterocycles. The summed E-state index contributed by atoms with van der Waals surface area (Å²) in [5.74, 6) is 0.728. The lowest BCUT2D eigenvalue weighted by Crippen LogP contribution is -2.30. The number of hydrogen-bond donors (Lipinski definition) is 0. The minimum Gasteiger partial charge on any atom is -0.267 e. The number of aromatic nitrogens is 5. The highest BCUT2D eigenvalue weighted by atomic mass is 35.5. The molecule has 0 fully saturated rings. The van der Waals surface area contributed by atoms with Crippen LogP contribution in [0.3, 0.4) is 0 Å². The molecule has 164 valence electrons. The van der Waals surface area contributed by atoms with Crippen LogP contribution >= 0.6 is 11.6 Å². The van der Waals surface area contributed by atoms with Crippen LogP contribution in [0.15, 0.2) is 77.9 Å². The van der Waals surface area contributed by atoms with E-state index in [0.717, 1.165) is 28.1 Å². The molecule has 0 aliphatic carbocycles. The Hall–Kier alpha value is -3.77. The Morgan fingerprint density at radius 1 is 0.848 bits per heavy atom. The molecule has 7 heteroatoms. The average molecular weight is 456 g/mol. The van der Waals surface area contributed by atoms with Crippen molar-refractivity contribution in [3.63, 3.8) is 0 Å². The van der Waals surface area contributed by atoms with E-state index in [0.29, 0.717) is 29.2 Å². The largest absolute Gasteiger partial charge is 0.274 e. The number of benzene rings is 2. The molecule has 3 heterocycles. The fourth-order valence-electron chi connectivity index (χ4n) is 4.07. The Morgan fingerprint density at radius 3 is 2.18 bits per heavy atom. The van der Waals surface area contributed by atoms with Gasteiger partial charge in [0, 0.05) is 29.4 Å². The summed E-state index contributed by atoms with van der Waals surface area (Å²) in [6.07, 6.45) is 4.02. The highest BCUT2D eigenvalue weighted by Crippen LogP contribution is 2.33. The third-order valence-corrected chi connectivity index (χ3v) is 5.99. The Kier molecular flexibility index (Phi) is 5.52. The lowest BCUT2D eigenvalue weighted by molar-refractivity contribution is 0.580. The summed E-state index contributed by atoms with van der Waals surface area (Å²) in [6.45, 7) is 4.46. The van der Waals surface area contributed by atoms with Gasteiger partial charge in [-0.3, -0.25) is 9.78 Å². The smallest absolute Gasteiger partial charge is 0.267 e. The van der Waals surface area contributed by atoms with E-state index >= 15 is 0 Å². The van der Waals surface area contributed by atoms with Gasteiger partial charge in [-0.2, -0.15) is 0 Å². The number of hydrogen-bond acceptors (Lipinski definition) is 4. The van der Waals surface area contributed by atoms with Crippen molar-refractivity contribution in [2.45, 2.75) is 26.8 Å². The van der Waals surface area contributed by atoms with Crippen molar-refractivity contribution in [1.29, 1.82) is 0 Å². The minimum absolute atomic E-state index is 0.117. The van der Waals surface area contributed by atoms with Crippen LogP contribution < -0.4 is 5.56 Å². The number of rotatable bonds is 5. The van der Waals surface area contributed by atoms with Crippen LogP contribution in [0.5, 0.6) is 0 Å². The molecule has 0 amide bonds. The van der Waals surface area contributed by atoms with Crippen molar-refractivity contribution in [3.05, 3.63) is 105 Å². The van der Waals surface area contributed by atoms with Crippen molar-refractivity contribution in [3.8, 4) is 22.3 Å². The Balaban J connectivity index is 1.88. The summed E-state index contributed by atoms with van der Waals surface area (Å²) in [4.78, 5) is 18.3. The van der Waals surface area contributed by atoms with Gasteiger partial charge in [-0.15, -0.1) is 10.2 Å². The molecule has 0 bridgehead atoms. The van der Waals surface area contributed by atoms with Gasteiger partial charge in [0.1, 0.15) is 0 Å². The van der Waals surface area contributed by atoms with Gasteiger partial charge < -0.3 is 0 Å². The van der Waals surface area contributed by atoms with Gasteiger partial charge in [-0.1, -0.05) is 60.5 Å². The van der Waals surface area contributed by atoms with Gasteiger partial charge in [0.15, 0.2) is 11.5 Å². The number of aryl methyl sites for hydroxylation is 2. The third kappa shape index (κ3) is 3.83. The first-order valence-corrected chi connectivity index (χ1v) is 11.2. The van der Waals surface area contributed by atoms with Crippen molar-refractivity contribution >= 4 is 17.2 Å². The van der Waals surface area contributed by atoms with E-state index in [1.165, 1.54) is 5.56 Å². The molecule has 0 N–H and O–H groups in total. The van der Waals surface area contributed by atoms with Crippen LogP contribution in [0, 0.1) is 6.92 Å². The molecule has 0 radical (unpaired) electrons. The van der Waals surface area contributed by atoms with E-state index < -0.39 is 0 Å². The van der Waals surface area contributed by atoms with E-state index in [4.69, 9.17) is 11.6 Å². The predicted molar refractivity (Wildman–Crippen MR) is 131 cm³/mol. The maximum Gasteiger partial charge on any atom is 0.274 e. The van der Waals surface area contributed by atoms with Crippen LogP contribution in [0.2, 0.25) is 5.02 Å². The molecule has 2 aromatic carbocycles. The fraction of sp³-hybridized carbons (Fsp3) is 0.154. The third-order valence-electron chi connectivity index (χ3n) is 5.74. The second-order valence-electron chi connectivity index (χ2n) is 7.95. The lowest BCUT2D eigenvalue weighted by atomic mass is 9.97. The van der Waals surface area contributed by atoms with E-state index in [9.17, 15) is 4.79 Å². The van der Waals surface area contributed by atoms with Crippen molar-refractivity contribution < 1.29 is 0 Å². The summed E-state index contributed by atoms with van der Waals surface area (Å²) >= 11 is 6.15. The van der Waals surface area contributed by atoms with Gasteiger partial charge >= 0.3 is 0 Å². The predicted octanol–water partition coefficient (Wildman–Crippen LogP) is 5.19. The molecule has 0 saturated heterocycles. The maximum absolute atomic E-state index is 14.1. The second-order valence-corrected chi connectivity index (χ2v) is 8.38. The van der Waals surface area contributed by atoms with Crippen molar-refractivity contribution in [1.82, 2.24) is 24.4 Å².